The van der Waals surface area contributed by atoms with E-state index in [-0.39, 0.29) is 22.5 Å². The number of aldehydes is 1. The van der Waals surface area contributed by atoms with Crippen molar-refractivity contribution in [3.63, 3.8) is 0 Å². The Bertz CT molecular complexity index is 295. The molecule has 0 aromatic carbocycles. The van der Waals surface area contributed by atoms with Crippen LogP contribution < -0.4 is 0 Å². The van der Waals surface area contributed by atoms with Crippen molar-refractivity contribution in [2.45, 2.75) is 65.8 Å². The number of rotatable bonds is 5. The van der Waals surface area contributed by atoms with Crippen LogP contribution in [-0.4, -0.2) is 20.7 Å². The standard InChI is InChI=1S/C15H30O2Si/c1-10-12(14(2,3)4)13(11-16)17-18(8,9)15(5,6)7/h10-13H,1H2,2-9H3/t12-,13-/m0/s1. The first-order valence-electron chi connectivity index (χ1n) is 6.62. The monoisotopic (exact) mass is 270 g/mol. The number of hydrogen-bond acceptors (Lipinski definition) is 2. The van der Waals surface area contributed by atoms with Gasteiger partial charge in [0, 0.05) is 5.92 Å². The van der Waals surface area contributed by atoms with E-state index in [1.54, 1.807) is 0 Å². The van der Waals surface area contributed by atoms with Crippen molar-refractivity contribution in [3.05, 3.63) is 12.7 Å². The van der Waals surface area contributed by atoms with Crippen molar-refractivity contribution < 1.29 is 9.22 Å². The van der Waals surface area contributed by atoms with Crippen LogP contribution in [0.4, 0.5) is 0 Å². The van der Waals surface area contributed by atoms with Gasteiger partial charge in [0.15, 0.2) is 8.32 Å². The molecule has 0 bridgehead atoms. The zero-order valence-corrected chi connectivity index (χ0v) is 14.3. The van der Waals surface area contributed by atoms with Crippen LogP contribution in [0.15, 0.2) is 12.7 Å². The van der Waals surface area contributed by atoms with Crippen molar-refractivity contribution in [1.82, 2.24) is 0 Å². The summed E-state index contributed by atoms with van der Waals surface area (Å²) in [4.78, 5) is 11.4. The minimum absolute atomic E-state index is 0.0182. The molecule has 2 atom stereocenters. The summed E-state index contributed by atoms with van der Waals surface area (Å²) in [5.74, 6) is 0.0455. The van der Waals surface area contributed by atoms with Gasteiger partial charge in [-0.05, 0) is 23.5 Å². The summed E-state index contributed by atoms with van der Waals surface area (Å²) < 4.78 is 6.23. The van der Waals surface area contributed by atoms with Crippen LogP contribution in [0.2, 0.25) is 18.1 Å². The van der Waals surface area contributed by atoms with Crippen LogP contribution in [0, 0.1) is 11.3 Å². The molecule has 0 saturated heterocycles. The lowest BCUT2D eigenvalue weighted by Gasteiger charge is -2.42. The second kappa shape index (κ2) is 5.70. The molecule has 0 N–H and O–H groups in total. The van der Waals surface area contributed by atoms with Gasteiger partial charge in [0.05, 0.1) is 0 Å². The van der Waals surface area contributed by atoms with Gasteiger partial charge in [0.1, 0.15) is 12.4 Å². The summed E-state index contributed by atoms with van der Waals surface area (Å²) in [5.41, 5.74) is -0.0182. The maximum Gasteiger partial charge on any atom is 0.193 e. The van der Waals surface area contributed by atoms with Crippen molar-refractivity contribution in [1.29, 1.82) is 0 Å². The average Bonchev–Trinajstić information content (AvgIpc) is 2.12. The summed E-state index contributed by atoms with van der Waals surface area (Å²) in [6.45, 7) is 21.1. The van der Waals surface area contributed by atoms with E-state index in [0.29, 0.717) is 0 Å². The largest absolute Gasteiger partial charge is 0.407 e. The molecule has 0 aliphatic rings. The summed E-state index contributed by atoms with van der Waals surface area (Å²) in [5, 5.41) is 0.109. The highest BCUT2D eigenvalue weighted by Crippen LogP contribution is 2.40. The van der Waals surface area contributed by atoms with Gasteiger partial charge >= 0.3 is 0 Å². The fourth-order valence-corrected chi connectivity index (χ4v) is 2.92. The van der Waals surface area contributed by atoms with E-state index >= 15 is 0 Å². The molecule has 0 aliphatic carbocycles. The second-order valence-electron chi connectivity index (χ2n) is 7.61. The molecule has 18 heavy (non-hydrogen) atoms. The van der Waals surface area contributed by atoms with E-state index in [4.69, 9.17) is 4.43 Å². The molecule has 0 rings (SSSR count). The summed E-state index contributed by atoms with van der Waals surface area (Å²) >= 11 is 0. The Morgan fingerprint density at radius 3 is 1.78 bits per heavy atom. The summed E-state index contributed by atoms with van der Waals surface area (Å²) in [6, 6.07) is 0. The molecule has 0 fully saturated rings. The van der Waals surface area contributed by atoms with E-state index in [9.17, 15) is 4.79 Å². The highest BCUT2D eigenvalue weighted by atomic mass is 28.4. The van der Waals surface area contributed by atoms with Gasteiger partial charge in [0.2, 0.25) is 0 Å². The van der Waals surface area contributed by atoms with Gasteiger partial charge in [0.25, 0.3) is 0 Å². The molecule has 2 nitrogen and oxygen atoms in total. The number of hydrogen-bond donors (Lipinski definition) is 0. The Morgan fingerprint density at radius 2 is 1.56 bits per heavy atom. The molecular weight excluding hydrogens is 240 g/mol. The van der Waals surface area contributed by atoms with Gasteiger partial charge in [-0.3, -0.25) is 0 Å². The lowest BCUT2D eigenvalue weighted by atomic mass is 9.78. The number of carbonyl (C=O) groups is 1. The molecule has 0 unspecified atom stereocenters. The third-order valence-electron chi connectivity index (χ3n) is 3.98. The maximum atomic E-state index is 11.4. The molecule has 0 radical (unpaired) electrons. The van der Waals surface area contributed by atoms with Crippen molar-refractivity contribution in [2.24, 2.45) is 11.3 Å². The predicted octanol–water partition coefficient (Wildman–Crippen LogP) is 4.42. The van der Waals surface area contributed by atoms with Crippen LogP contribution in [0.25, 0.3) is 0 Å². The van der Waals surface area contributed by atoms with E-state index in [1.165, 1.54) is 0 Å². The van der Waals surface area contributed by atoms with Crippen LogP contribution in [0.5, 0.6) is 0 Å². The van der Waals surface area contributed by atoms with Crippen LogP contribution in [-0.2, 0) is 9.22 Å². The predicted molar refractivity (Wildman–Crippen MR) is 81.3 cm³/mol. The molecular formula is C15H30O2Si. The molecule has 0 aromatic heterocycles. The first kappa shape index (κ1) is 17.6. The highest BCUT2D eigenvalue weighted by Gasteiger charge is 2.42. The first-order valence-corrected chi connectivity index (χ1v) is 9.53. The second-order valence-corrected chi connectivity index (χ2v) is 12.4. The Hall–Kier alpha value is -0.413. The molecule has 106 valence electrons. The Balaban J connectivity index is 5.13. The average molecular weight is 270 g/mol. The third-order valence-corrected chi connectivity index (χ3v) is 8.45. The topological polar surface area (TPSA) is 26.3 Å². The minimum atomic E-state index is -1.93. The lowest BCUT2D eigenvalue weighted by molar-refractivity contribution is -0.117. The smallest absolute Gasteiger partial charge is 0.193 e. The first-order chi connectivity index (χ1) is 7.86. The summed E-state index contributed by atoms with van der Waals surface area (Å²) in [6.07, 6.45) is 2.41. The number of carbonyl (C=O) groups excluding carboxylic acids is 1. The van der Waals surface area contributed by atoms with E-state index < -0.39 is 8.32 Å². The van der Waals surface area contributed by atoms with Crippen molar-refractivity contribution >= 4 is 14.6 Å². The van der Waals surface area contributed by atoms with Crippen LogP contribution >= 0.6 is 0 Å². The quantitative estimate of drug-likeness (QED) is 0.420. The van der Waals surface area contributed by atoms with Gasteiger partial charge in [-0.15, -0.1) is 6.58 Å². The molecule has 0 spiro atoms. The molecule has 0 aromatic rings. The molecule has 0 saturated carbocycles. The Morgan fingerprint density at radius 1 is 1.11 bits per heavy atom. The van der Waals surface area contributed by atoms with Crippen LogP contribution in [0.1, 0.15) is 41.5 Å². The van der Waals surface area contributed by atoms with Gasteiger partial charge in [-0.2, -0.15) is 0 Å². The highest BCUT2D eigenvalue weighted by molar-refractivity contribution is 6.74. The van der Waals surface area contributed by atoms with E-state index in [2.05, 4.69) is 61.2 Å². The fraction of sp³-hybridized carbons (Fsp3) is 0.800. The molecule has 0 aliphatic heterocycles. The summed E-state index contributed by atoms with van der Waals surface area (Å²) in [7, 11) is -1.93. The van der Waals surface area contributed by atoms with Crippen molar-refractivity contribution in [3.8, 4) is 0 Å². The zero-order valence-electron chi connectivity index (χ0n) is 13.3. The SMILES string of the molecule is C=C[C@@H]([C@H](C=O)O[Si](C)(C)C(C)(C)C)C(C)(C)C. The van der Waals surface area contributed by atoms with Gasteiger partial charge < -0.3 is 9.22 Å². The minimum Gasteiger partial charge on any atom is -0.407 e. The fourth-order valence-electron chi connectivity index (χ4n) is 1.68. The van der Waals surface area contributed by atoms with Crippen LogP contribution in [0.3, 0.4) is 0 Å². The zero-order chi connectivity index (χ0) is 14.8. The normalized spacial score (nSPS) is 17.1. The third kappa shape index (κ3) is 4.36. The van der Waals surface area contributed by atoms with Crippen molar-refractivity contribution in [2.75, 3.05) is 0 Å². The maximum absolute atomic E-state index is 11.4. The Labute approximate surface area is 114 Å². The Kier molecular flexibility index (Phi) is 5.57. The van der Waals surface area contributed by atoms with Gasteiger partial charge in [-0.1, -0.05) is 47.6 Å². The molecule has 0 heterocycles. The molecule has 3 heteroatoms. The lowest BCUT2D eigenvalue weighted by Crippen LogP contribution is -2.48. The van der Waals surface area contributed by atoms with Gasteiger partial charge in [-0.25, -0.2) is 0 Å². The van der Waals surface area contributed by atoms with E-state index in [0.717, 1.165) is 6.29 Å². The van der Waals surface area contributed by atoms with E-state index in [1.807, 2.05) is 6.08 Å². The molecule has 0 amide bonds.